The molecule has 2 aliphatic rings. The van der Waals surface area contributed by atoms with Crippen molar-refractivity contribution in [3.05, 3.63) is 42.4 Å². The number of piperidine rings is 1. The Bertz CT molecular complexity index is 600. The number of hydrogen-bond donors (Lipinski definition) is 1. The first kappa shape index (κ1) is 15.4. The number of rotatable bonds is 3. The standard InChI is InChI=1S/C17H20N2O4/c20-16(18-14-6-2-1-3-7-14)13-5-4-8-19(11-13)17(21)15-12-22-9-10-23-15/h1-3,6-7,12-13H,4-5,8-11H2,(H,18,20)/t13-/m0/s1. The number of hydrogen-bond acceptors (Lipinski definition) is 4. The maximum atomic E-state index is 12.4. The van der Waals surface area contributed by atoms with Crippen LogP contribution in [0.25, 0.3) is 0 Å². The Morgan fingerprint density at radius 2 is 2.00 bits per heavy atom. The van der Waals surface area contributed by atoms with E-state index in [1.165, 1.54) is 6.26 Å². The van der Waals surface area contributed by atoms with E-state index in [1.807, 2.05) is 30.3 Å². The number of amides is 2. The molecule has 6 nitrogen and oxygen atoms in total. The maximum Gasteiger partial charge on any atom is 0.292 e. The number of carbonyl (C=O) groups excluding carboxylic acids is 2. The molecule has 2 heterocycles. The summed E-state index contributed by atoms with van der Waals surface area (Å²) in [6.45, 7) is 1.87. The van der Waals surface area contributed by atoms with Crippen molar-refractivity contribution in [1.82, 2.24) is 4.90 Å². The van der Waals surface area contributed by atoms with Crippen LogP contribution in [0.4, 0.5) is 5.69 Å². The summed E-state index contributed by atoms with van der Waals surface area (Å²) >= 11 is 0. The molecule has 6 heteroatoms. The summed E-state index contributed by atoms with van der Waals surface area (Å²) in [6.07, 6.45) is 2.94. The third kappa shape index (κ3) is 3.83. The van der Waals surface area contributed by atoms with Gasteiger partial charge in [-0.15, -0.1) is 0 Å². The van der Waals surface area contributed by atoms with Gasteiger partial charge in [0.25, 0.3) is 5.91 Å². The molecule has 0 aliphatic carbocycles. The SMILES string of the molecule is O=C(Nc1ccccc1)[C@H]1CCCN(C(=O)C2=COCCO2)C1. The van der Waals surface area contributed by atoms with Gasteiger partial charge in [0.15, 0.2) is 0 Å². The zero-order valence-corrected chi connectivity index (χ0v) is 12.9. The van der Waals surface area contributed by atoms with Crippen molar-refractivity contribution < 1.29 is 19.1 Å². The summed E-state index contributed by atoms with van der Waals surface area (Å²) in [5.74, 6) is -0.246. The number of anilines is 1. The van der Waals surface area contributed by atoms with Crippen molar-refractivity contribution in [1.29, 1.82) is 0 Å². The Labute approximate surface area is 135 Å². The van der Waals surface area contributed by atoms with Crippen LogP contribution in [0.1, 0.15) is 12.8 Å². The first-order valence-electron chi connectivity index (χ1n) is 7.84. The van der Waals surface area contributed by atoms with Gasteiger partial charge in [-0.2, -0.15) is 0 Å². The minimum Gasteiger partial charge on any atom is -0.494 e. The molecular formula is C17H20N2O4. The number of likely N-dealkylation sites (tertiary alicyclic amines) is 1. The van der Waals surface area contributed by atoms with Crippen molar-refractivity contribution in [2.45, 2.75) is 12.8 Å². The molecule has 0 unspecified atom stereocenters. The Hall–Kier alpha value is -2.50. The molecule has 2 amide bonds. The highest BCUT2D eigenvalue weighted by atomic mass is 16.6. The first-order chi connectivity index (χ1) is 11.2. The van der Waals surface area contributed by atoms with Crippen LogP contribution >= 0.6 is 0 Å². The van der Waals surface area contributed by atoms with E-state index in [1.54, 1.807) is 4.90 Å². The average molecular weight is 316 g/mol. The fourth-order valence-corrected chi connectivity index (χ4v) is 2.78. The molecule has 0 spiro atoms. The highest BCUT2D eigenvalue weighted by Crippen LogP contribution is 2.21. The zero-order chi connectivity index (χ0) is 16.1. The van der Waals surface area contributed by atoms with Crippen LogP contribution in [0.5, 0.6) is 0 Å². The van der Waals surface area contributed by atoms with Crippen molar-refractivity contribution in [2.24, 2.45) is 5.92 Å². The lowest BCUT2D eigenvalue weighted by Gasteiger charge is -2.32. The molecule has 0 radical (unpaired) electrons. The predicted molar refractivity (Wildman–Crippen MR) is 84.4 cm³/mol. The predicted octanol–water partition coefficient (Wildman–Crippen LogP) is 1.75. The lowest BCUT2D eigenvalue weighted by Crippen LogP contribution is -2.44. The summed E-state index contributed by atoms with van der Waals surface area (Å²) in [4.78, 5) is 26.5. The number of nitrogens with zero attached hydrogens (tertiary/aromatic N) is 1. The van der Waals surface area contributed by atoms with Gasteiger partial charge in [-0.25, -0.2) is 0 Å². The minimum atomic E-state index is -0.210. The number of carbonyl (C=O) groups is 2. The van der Waals surface area contributed by atoms with Gasteiger partial charge < -0.3 is 19.7 Å². The molecule has 2 aliphatic heterocycles. The molecule has 122 valence electrons. The minimum absolute atomic E-state index is 0.0523. The van der Waals surface area contributed by atoms with Crippen molar-refractivity contribution in [2.75, 3.05) is 31.6 Å². The van der Waals surface area contributed by atoms with E-state index in [0.29, 0.717) is 26.3 Å². The summed E-state index contributed by atoms with van der Waals surface area (Å²) in [6, 6.07) is 9.35. The number of nitrogens with one attached hydrogen (secondary N) is 1. The van der Waals surface area contributed by atoms with Crippen molar-refractivity contribution in [3.63, 3.8) is 0 Å². The van der Waals surface area contributed by atoms with Gasteiger partial charge in [-0.3, -0.25) is 9.59 Å². The highest BCUT2D eigenvalue weighted by molar-refractivity contribution is 5.94. The molecule has 23 heavy (non-hydrogen) atoms. The molecule has 3 rings (SSSR count). The van der Waals surface area contributed by atoms with E-state index in [4.69, 9.17) is 9.47 Å². The van der Waals surface area contributed by atoms with Crippen LogP contribution in [0.2, 0.25) is 0 Å². The zero-order valence-electron chi connectivity index (χ0n) is 12.9. The Morgan fingerprint density at radius 3 is 2.74 bits per heavy atom. The Kier molecular flexibility index (Phi) is 4.80. The molecule has 0 saturated carbocycles. The van der Waals surface area contributed by atoms with Crippen LogP contribution in [0.3, 0.4) is 0 Å². The van der Waals surface area contributed by atoms with Gasteiger partial charge in [0.05, 0.1) is 5.92 Å². The first-order valence-corrected chi connectivity index (χ1v) is 7.84. The smallest absolute Gasteiger partial charge is 0.292 e. The second kappa shape index (κ2) is 7.17. The molecular weight excluding hydrogens is 296 g/mol. The number of para-hydroxylation sites is 1. The van der Waals surface area contributed by atoms with Crippen LogP contribution < -0.4 is 5.32 Å². The molecule has 1 N–H and O–H groups in total. The third-order valence-corrected chi connectivity index (χ3v) is 3.98. The average Bonchev–Trinajstić information content (AvgIpc) is 2.63. The molecule has 1 aromatic rings. The van der Waals surface area contributed by atoms with Gasteiger partial charge in [-0.1, -0.05) is 18.2 Å². The van der Waals surface area contributed by atoms with E-state index in [2.05, 4.69) is 5.32 Å². The Morgan fingerprint density at radius 1 is 1.17 bits per heavy atom. The largest absolute Gasteiger partial charge is 0.494 e. The van der Waals surface area contributed by atoms with Gasteiger partial charge in [0.2, 0.25) is 11.7 Å². The topological polar surface area (TPSA) is 67.9 Å². The summed E-state index contributed by atoms with van der Waals surface area (Å²) < 4.78 is 10.5. The van der Waals surface area contributed by atoms with E-state index >= 15 is 0 Å². The third-order valence-electron chi connectivity index (χ3n) is 3.98. The lowest BCUT2D eigenvalue weighted by molar-refractivity contribution is -0.135. The van der Waals surface area contributed by atoms with E-state index in [-0.39, 0.29) is 23.5 Å². The van der Waals surface area contributed by atoms with Crippen LogP contribution in [-0.4, -0.2) is 43.0 Å². The second-order valence-electron chi connectivity index (χ2n) is 5.65. The molecule has 1 atom stereocenters. The maximum absolute atomic E-state index is 12.4. The van der Waals surface area contributed by atoms with Crippen LogP contribution in [0, 0.1) is 5.92 Å². The van der Waals surface area contributed by atoms with E-state index in [0.717, 1.165) is 18.5 Å². The monoisotopic (exact) mass is 316 g/mol. The number of benzene rings is 1. The summed E-state index contributed by atoms with van der Waals surface area (Å²) in [5.41, 5.74) is 0.771. The van der Waals surface area contributed by atoms with Crippen molar-refractivity contribution in [3.8, 4) is 0 Å². The molecule has 1 saturated heterocycles. The molecule has 0 bridgehead atoms. The molecule has 1 fully saturated rings. The van der Waals surface area contributed by atoms with Gasteiger partial charge >= 0.3 is 0 Å². The fraction of sp³-hybridized carbons (Fsp3) is 0.412. The van der Waals surface area contributed by atoms with Gasteiger partial charge in [-0.05, 0) is 25.0 Å². The van der Waals surface area contributed by atoms with E-state index < -0.39 is 0 Å². The normalized spacial score (nSPS) is 20.8. The highest BCUT2D eigenvalue weighted by Gasteiger charge is 2.31. The lowest BCUT2D eigenvalue weighted by atomic mass is 9.97. The molecule has 0 aromatic heterocycles. The van der Waals surface area contributed by atoms with Gasteiger partial charge in [0, 0.05) is 18.8 Å². The summed E-state index contributed by atoms with van der Waals surface area (Å²) in [5, 5.41) is 2.90. The van der Waals surface area contributed by atoms with Gasteiger partial charge in [0.1, 0.15) is 19.5 Å². The van der Waals surface area contributed by atoms with Crippen molar-refractivity contribution >= 4 is 17.5 Å². The number of ether oxygens (including phenoxy) is 2. The quantitative estimate of drug-likeness (QED) is 0.922. The van der Waals surface area contributed by atoms with E-state index in [9.17, 15) is 9.59 Å². The van der Waals surface area contributed by atoms with Crippen LogP contribution in [-0.2, 0) is 19.1 Å². The fourth-order valence-electron chi connectivity index (χ4n) is 2.78. The second-order valence-corrected chi connectivity index (χ2v) is 5.65. The van der Waals surface area contributed by atoms with Crippen LogP contribution in [0.15, 0.2) is 42.4 Å². The summed E-state index contributed by atoms with van der Waals surface area (Å²) in [7, 11) is 0. The Balaban J connectivity index is 1.60. The molecule has 1 aromatic carbocycles.